The first-order valence-corrected chi connectivity index (χ1v) is 7.17. The number of ether oxygens (including phenoxy) is 1. The molecule has 0 aromatic rings. The van der Waals surface area contributed by atoms with Gasteiger partial charge in [-0.1, -0.05) is 6.92 Å². The summed E-state index contributed by atoms with van der Waals surface area (Å²) in [5.41, 5.74) is -0.416. The summed E-state index contributed by atoms with van der Waals surface area (Å²) in [7, 11) is 0. The van der Waals surface area contributed by atoms with Crippen LogP contribution in [0.4, 0.5) is 0 Å². The standard InChI is InChI=1S/C14H26N2O2/c1-4-14(6-5-8-15-10-14)12(17)16-13(3)7-9-18-11(13)2/h11,15H,4-10H2,1-3H3,(H,16,17). The summed E-state index contributed by atoms with van der Waals surface area (Å²) in [6, 6.07) is 0. The Kier molecular flexibility index (Phi) is 3.97. The van der Waals surface area contributed by atoms with Crippen LogP contribution in [-0.4, -0.2) is 37.2 Å². The second-order valence-electron chi connectivity index (χ2n) is 6.05. The lowest BCUT2D eigenvalue weighted by atomic mass is 9.76. The second kappa shape index (κ2) is 5.17. The maximum atomic E-state index is 12.7. The molecule has 2 rings (SSSR count). The molecule has 104 valence electrons. The number of amides is 1. The van der Waals surface area contributed by atoms with Crippen molar-refractivity contribution in [3.05, 3.63) is 0 Å². The predicted octanol–water partition coefficient (Wildman–Crippen LogP) is 1.45. The molecule has 2 fully saturated rings. The molecule has 0 radical (unpaired) electrons. The summed E-state index contributed by atoms with van der Waals surface area (Å²) in [6.07, 6.45) is 3.99. The van der Waals surface area contributed by atoms with Crippen LogP contribution in [0.2, 0.25) is 0 Å². The molecule has 18 heavy (non-hydrogen) atoms. The van der Waals surface area contributed by atoms with Gasteiger partial charge in [-0.25, -0.2) is 0 Å². The molecule has 3 atom stereocenters. The first-order valence-electron chi connectivity index (χ1n) is 7.17. The van der Waals surface area contributed by atoms with Gasteiger partial charge in [0.1, 0.15) is 0 Å². The zero-order valence-electron chi connectivity index (χ0n) is 11.8. The second-order valence-corrected chi connectivity index (χ2v) is 6.05. The molecule has 4 heteroatoms. The van der Waals surface area contributed by atoms with E-state index in [9.17, 15) is 4.79 Å². The third-order valence-corrected chi connectivity index (χ3v) is 4.92. The van der Waals surface area contributed by atoms with Crippen molar-refractivity contribution in [1.82, 2.24) is 10.6 Å². The average molecular weight is 254 g/mol. The van der Waals surface area contributed by atoms with E-state index in [1.165, 1.54) is 0 Å². The van der Waals surface area contributed by atoms with Gasteiger partial charge in [-0.15, -0.1) is 0 Å². The van der Waals surface area contributed by atoms with Crippen LogP contribution in [0, 0.1) is 5.41 Å². The van der Waals surface area contributed by atoms with Crippen LogP contribution < -0.4 is 10.6 Å². The van der Waals surface area contributed by atoms with Crippen molar-refractivity contribution in [2.24, 2.45) is 5.41 Å². The highest BCUT2D eigenvalue weighted by atomic mass is 16.5. The molecule has 2 N–H and O–H groups in total. The third-order valence-electron chi connectivity index (χ3n) is 4.92. The van der Waals surface area contributed by atoms with Crippen molar-refractivity contribution in [2.75, 3.05) is 19.7 Å². The summed E-state index contributed by atoms with van der Waals surface area (Å²) >= 11 is 0. The van der Waals surface area contributed by atoms with Crippen molar-refractivity contribution in [1.29, 1.82) is 0 Å². The van der Waals surface area contributed by atoms with Crippen molar-refractivity contribution < 1.29 is 9.53 Å². The molecule has 0 aromatic heterocycles. The SMILES string of the molecule is CCC1(C(=O)NC2(C)CCOC2C)CCCNC1. The lowest BCUT2D eigenvalue weighted by Gasteiger charge is -2.39. The van der Waals surface area contributed by atoms with E-state index in [1.54, 1.807) is 0 Å². The molecular weight excluding hydrogens is 228 g/mol. The van der Waals surface area contributed by atoms with E-state index in [4.69, 9.17) is 4.74 Å². The fraction of sp³-hybridized carbons (Fsp3) is 0.929. The summed E-state index contributed by atoms with van der Waals surface area (Å²) in [5, 5.41) is 6.63. The van der Waals surface area contributed by atoms with Crippen LogP contribution in [0.1, 0.15) is 46.5 Å². The zero-order valence-corrected chi connectivity index (χ0v) is 11.8. The highest BCUT2D eigenvalue weighted by Gasteiger charge is 2.44. The van der Waals surface area contributed by atoms with Gasteiger partial charge in [-0.05, 0) is 46.1 Å². The van der Waals surface area contributed by atoms with Gasteiger partial charge in [0.05, 0.1) is 17.1 Å². The number of hydrogen-bond donors (Lipinski definition) is 2. The Morgan fingerprint density at radius 1 is 1.50 bits per heavy atom. The number of carbonyl (C=O) groups is 1. The van der Waals surface area contributed by atoms with Crippen molar-refractivity contribution in [3.8, 4) is 0 Å². The van der Waals surface area contributed by atoms with Crippen LogP contribution in [0.3, 0.4) is 0 Å². The number of hydrogen-bond acceptors (Lipinski definition) is 3. The van der Waals surface area contributed by atoms with Crippen LogP contribution in [0.25, 0.3) is 0 Å². The van der Waals surface area contributed by atoms with Crippen molar-refractivity contribution in [3.63, 3.8) is 0 Å². The Balaban J connectivity index is 2.05. The Morgan fingerprint density at radius 2 is 2.28 bits per heavy atom. The molecule has 3 unspecified atom stereocenters. The normalized spacial score (nSPS) is 40.7. The minimum atomic E-state index is -0.219. The quantitative estimate of drug-likeness (QED) is 0.801. The topological polar surface area (TPSA) is 50.4 Å². The first kappa shape index (κ1) is 13.8. The Hall–Kier alpha value is -0.610. The summed E-state index contributed by atoms with van der Waals surface area (Å²) in [4.78, 5) is 12.7. The van der Waals surface area contributed by atoms with E-state index in [0.29, 0.717) is 0 Å². The molecule has 2 heterocycles. The maximum Gasteiger partial charge on any atom is 0.228 e. The van der Waals surface area contributed by atoms with Gasteiger partial charge in [0, 0.05) is 13.2 Å². The van der Waals surface area contributed by atoms with E-state index in [1.807, 2.05) is 6.92 Å². The molecule has 0 aliphatic carbocycles. The number of nitrogens with one attached hydrogen (secondary N) is 2. The lowest BCUT2D eigenvalue weighted by Crippen LogP contribution is -2.58. The molecule has 0 aromatic carbocycles. The van der Waals surface area contributed by atoms with E-state index >= 15 is 0 Å². The number of rotatable bonds is 3. The smallest absolute Gasteiger partial charge is 0.228 e. The monoisotopic (exact) mass is 254 g/mol. The predicted molar refractivity (Wildman–Crippen MR) is 71.4 cm³/mol. The molecule has 2 aliphatic heterocycles. The molecular formula is C14H26N2O2. The van der Waals surface area contributed by atoms with Crippen LogP contribution in [0.5, 0.6) is 0 Å². The first-order chi connectivity index (χ1) is 8.52. The molecule has 0 bridgehead atoms. The Bertz CT molecular complexity index is 313. The summed E-state index contributed by atoms with van der Waals surface area (Å²) in [6.45, 7) is 8.85. The van der Waals surface area contributed by atoms with Gasteiger partial charge in [0.25, 0.3) is 0 Å². The van der Waals surface area contributed by atoms with Crippen LogP contribution in [-0.2, 0) is 9.53 Å². The molecule has 2 aliphatic rings. The van der Waals surface area contributed by atoms with Gasteiger partial charge in [-0.2, -0.15) is 0 Å². The fourth-order valence-corrected chi connectivity index (χ4v) is 3.01. The molecule has 0 spiro atoms. The van der Waals surface area contributed by atoms with Gasteiger partial charge < -0.3 is 15.4 Å². The van der Waals surface area contributed by atoms with Gasteiger partial charge >= 0.3 is 0 Å². The van der Waals surface area contributed by atoms with E-state index in [-0.39, 0.29) is 23.0 Å². The molecule has 1 amide bonds. The van der Waals surface area contributed by atoms with Gasteiger partial charge in [0.2, 0.25) is 5.91 Å². The van der Waals surface area contributed by atoms with E-state index in [2.05, 4.69) is 24.5 Å². The molecule has 2 saturated heterocycles. The van der Waals surface area contributed by atoms with Gasteiger partial charge in [0.15, 0.2) is 0 Å². The Labute approximate surface area is 110 Å². The van der Waals surface area contributed by atoms with E-state index < -0.39 is 0 Å². The zero-order chi connectivity index (χ0) is 13.2. The molecule has 0 saturated carbocycles. The highest BCUT2D eigenvalue weighted by Crippen LogP contribution is 2.33. The minimum absolute atomic E-state index is 0.104. The van der Waals surface area contributed by atoms with Crippen LogP contribution >= 0.6 is 0 Å². The lowest BCUT2D eigenvalue weighted by molar-refractivity contribution is -0.135. The summed E-state index contributed by atoms with van der Waals surface area (Å²) < 4.78 is 5.59. The molecule has 4 nitrogen and oxygen atoms in total. The van der Waals surface area contributed by atoms with E-state index in [0.717, 1.165) is 45.4 Å². The largest absolute Gasteiger partial charge is 0.376 e. The van der Waals surface area contributed by atoms with Crippen molar-refractivity contribution in [2.45, 2.75) is 58.1 Å². The summed E-state index contributed by atoms with van der Waals surface area (Å²) in [5.74, 6) is 0.206. The van der Waals surface area contributed by atoms with Gasteiger partial charge in [-0.3, -0.25) is 4.79 Å². The third kappa shape index (κ3) is 2.41. The number of carbonyl (C=O) groups excluding carboxylic acids is 1. The highest BCUT2D eigenvalue weighted by molar-refractivity contribution is 5.83. The Morgan fingerprint density at radius 3 is 2.78 bits per heavy atom. The van der Waals surface area contributed by atoms with Crippen LogP contribution in [0.15, 0.2) is 0 Å². The van der Waals surface area contributed by atoms with Crippen molar-refractivity contribution >= 4 is 5.91 Å². The average Bonchev–Trinajstić information content (AvgIpc) is 2.70. The number of piperidine rings is 1. The minimum Gasteiger partial charge on any atom is -0.376 e. The maximum absolute atomic E-state index is 12.7. The fourth-order valence-electron chi connectivity index (χ4n) is 3.01.